The standard InChI is InChI=1S/C24H31FN8O/c1-15-11-32(12-16(2)28-15)23-27-9-18(25)21(29-23)31-13-17(14-31)22(34)30-24(3,4)19-10-26-20-7-5-6-8-33(19)20/h5-10,15-17,28H,11-14H2,1-4H3,(H,30,34)/t15-,16?/m1/s1. The van der Waals surface area contributed by atoms with Crippen LogP contribution in [-0.2, 0) is 10.3 Å². The molecule has 3 aromatic rings. The third-order valence-electron chi connectivity index (χ3n) is 6.60. The smallest absolute Gasteiger partial charge is 0.227 e. The van der Waals surface area contributed by atoms with Crippen molar-refractivity contribution in [3.63, 3.8) is 0 Å². The van der Waals surface area contributed by atoms with Crippen molar-refractivity contribution in [2.45, 2.75) is 45.3 Å². The van der Waals surface area contributed by atoms with Crippen LogP contribution in [0.3, 0.4) is 0 Å². The van der Waals surface area contributed by atoms with Gasteiger partial charge in [0, 0.05) is 44.5 Å². The summed E-state index contributed by atoms with van der Waals surface area (Å²) in [7, 11) is 0. The van der Waals surface area contributed by atoms with Gasteiger partial charge in [0.1, 0.15) is 5.65 Å². The summed E-state index contributed by atoms with van der Waals surface area (Å²) in [6, 6.07) is 6.40. The van der Waals surface area contributed by atoms with E-state index in [-0.39, 0.29) is 17.6 Å². The Morgan fingerprint density at radius 3 is 2.56 bits per heavy atom. The number of pyridine rings is 1. The average molecular weight is 467 g/mol. The van der Waals surface area contributed by atoms with E-state index < -0.39 is 11.4 Å². The van der Waals surface area contributed by atoms with Crippen molar-refractivity contribution < 1.29 is 9.18 Å². The minimum atomic E-state index is -0.610. The topological polar surface area (TPSA) is 90.7 Å². The van der Waals surface area contributed by atoms with Crippen LogP contribution in [-0.4, -0.2) is 63.5 Å². The Bertz CT molecular complexity index is 1190. The van der Waals surface area contributed by atoms with Crippen molar-refractivity contribution in [2.24, 2.45) is 5.92 Å². The molecule has 0 bridgehead atoms. The highest BCUT2D eigenvalue weighted by atomic mass is 19.1. The van der Waals surface area contributed by atoms with Gasteiger partial charge in [-0.25, -0.2) is 14.4 Å². The van der Waals surface area contributed by atoms with E-state index in [1.807, 2.05) is 42.6 Å². The fourth-order valence-corrected chi connectivity index (χ4v) is 4.90. The van der Waals surface area contributed by atoms with Gasteiger partial charge in [0.25, 0.3) is 0 Å². The number of piperazine rings is 1. The maximum absolute atomic E-state index is 14.6. The average Bonchev–Trinajstić information content (AvgIpc) is 3.18. The van der Waals surface area contributed by atoms with Gasteiger partial charge in [0.15, 0.2) is 11.6 Å². The molecule has 1 amide bonds. The number of hydrogen-bond donors (Lipinski definition) is 2. The van der Waals surface area contributed by atoms with E-state index in [4.69, 9.17) is 0 Å². The van der Waals surface area contributed by atoms with Crippen molar-refractivity contribution >= 4 is 23.3 Å². The molecular weight excluding hydrogens is 435 g/mol. The first-order valence-electron chi connectivity index (χ1n) is 11.7. The number of rotatable bonds is 5. The number of nitrogens with zero attached hydrogens (tertiary/aromatic N) is 6. The van der Waals surface area contributed by atoms with Crippen LogP contribution in [0.25, 0.3) is 5.65 Å². The van der Waals surface area contributed by atoms with Crippen LogP contribution in [0, 0.1) is 11.7 Å². The highest BCUT2D eigenvalue weighted by Crippen LogP contribution is 2.29. The maximum Gasteiger partial charge on any atom is 0.227 e. The number of carbonyl (C=O) groups is 1. The molecule has 0 aromatic carbocycles. The number of aromatic nitrogens is 4. The summed E-state index contributed by atoms with van der Waals surface area (Å²) in [5.74, 6) is 0.0131. The molecule has 2 aliphatic rings. The molecule has 0 saturated carbocycles. The van der Waals surface area contributed by atoms with Gasteiger partial charge in [-0.3, -0.25) is 4.79 Å². The Morgan fingerprint density at radius 1 is 1.09 bits per heavy atom. The first-order valence-corrected chi connectivity index (χ1v) is 11.7. The second-order valence-electron chi connectivity index (χ2n) is 10.0. The SMILES string of the molecule is CC1CN(c2ncc(F)c(N3CC(C(=O)NC(C)(C)c4cnc5ccccn45)C3)n2)C[C@@H](C)N1. The van der Waals surface area contributed by atoms with E-state index in [0.717, 1.165) is 24.4 Å². The predicted molar refractivity (Wildman–Crippen MR) is 128 cm³/mol. The zero-order valence-corrected chi connectivity index (χ0v) is 20.0. The van der Waals surface area contributed by atoms with Gasteiger partial charge in [-0.2, -0.15) is 4.98 Å². The normalized spacial score (nSPS) is 21.6. The van der Waals surface area contributed by atoms with Crippen LogP contribution in [0.15, 0.2) is 36.8 Å². The Labute approximate surface area is 198 Å². The molecular formula is C24H31FN8O. The molecule has 1 unspecified atom stereocenters. The summed E-state index contributed by atoms with van der Waals surface area (Å²) >= 11 is 0. The van der Waals surface area contributed by atoms with Crippen LogP contribution < -0.4 is 20.4 Å². The van der Waals surface area contributed by atoms with E-state index >= 15 is 0 Å². The minimum absolute atomic E-state index is 0.0634. The van der Waals surface area contributed by atoms with Gasteiger partial charge in [-0.15, -0.1) is 0 Å². The van der Waals surface area contributed by atoms with Crippen LogP contribution in [0.4, 0.5) is 16.2 Å². The zero-order chi connectivity index (χ0) is 24.0. The fourth-order valence-electron chi connectivity index (χ4n) is 4.90. The Hall–Kier alpha value is -3.27. The molecule has 0 spiro atoms. The summed E-state index contributed by atoms with van der Waals surface area (Å²) in [5, 5.41) is 6.62. The minimum Gasteiger partial charge on any atom is -0.352 e. The molecule has 0 radical (unpaired) electrons. The summed E-state index contributed by atoms with van der Waals surface area (Å²) in [6.07, 6.45) is 4.96. The third-order valence-corrected chi connectivity index (χ3v) is 6.60. The Balaban J connectivity index is 1.25. The molecule has 2 saturated heterocycles. The molecule has 5 rings (SSSR count). The number of halogens is 1. The van der Waals surface area contributed by atoms with Crippen molar-refractivity contribution in [1.82, 2.24) is 30.0 Å². The molecule has 5 heterocycles. The number of nitrogens with one attached hydrogen (secondary N) is 2. The highest BCUT2D eigenvalue weighted by molar-refractivity contribution is 5.82. The molecule has 9 nitrogen and oxygen atoms in total. The second-order valence-corrected chi connectivity index (χ2v) is 10.0. The number of hydrogen-bond acceptors (Lipinski definition) is 7. The van der Waals surface area contributed by atoms with Crippen LogP contribution in [0.1, 0.15) is 33.4 Å². The third kappa shape index (κ3) is 4.18. The lowest BCUT2D eigenvalue weighted by Gasteiger charge is -2.41. The van der Waals surface area contributed by atoms with Crippen LogP contribution in [0.5, 0.6) is 0 Å². The summed E-state index contributed by atoms with van der Waals surface area (Å²) < 4.78 is 16.6. The molecule has 2 N–H and O–H groups in total. The first kappa shape index (κ1) is 22.5. The molecule has 180 valence electrons. The lowest BCUT2D eigenvalue weighted by molar-refractivity contribution is -0.127. The predicted octanol–water partition coefficient (Wildman–Crippen LogP) is 1.94. The number of fused-ring (bicyclic) bond motifs is 1. The lowest BCUT2D eigenvalue weighted by atomic mass is 9.95. The highest BCUT2D eigenvalue weighted by Gasteiger charge is 2.38. The number of carbonyl (C=O) groups excluding carboxylic acids is 1. The number of amides is 1. The maximum atomic E-state index is 14.6. The van der Waals surface area contributed by atoms with E-state index in [9.17, 15) is 9.18 Å². The van der Waals surface area contributed by atoms with Gasteiger partial charge < -0.3 is 24.8 Å². The van der Waals surface area contributed by atoms with Gasteiger partial charge in [-0.1, -0.05) is 6.07 Å². The fraction of sp³-hybridized carbons (Fsp3) is 0.500. The summed E-state index contributed by atoms with van der Waals surface area (Å²) in [6.45, 7) is 10.5. The van der Waals surface area contributed by atoms with E-state index in [0.29, 0.717) is 31.1 Å². The zero-order valence-electron chi connectivity index (χ0n) is 20.0. The molecule has 2 atom stereocenters. The first-order chi connectivity index (χ1) is 16.2. The van der Waals surface area contributed by atoms with Crippen LogP contribution >= 0.6 is 0 Å². The quantitative estimate of drug-likeness (QED) is 0.594. The molecule has 0 aliphatic carbocycles. The van der Waals surface area contributed by atoms with Crippen LogP contribution in [0.2, 0.25) is 0 Å². The van der Waals surface area contributed by atoms with Crippen molar-refractivity contribution in [2.75, 3.05) is 36.0 Å². The number of imidazole rings is 1. The summed E-state index contributed by atoms with van der Waals surface area (Å²) in [5.41, 5.74) is 1.12. The van der Waals surface area contributed by atoms with Crippen molar-refractivity contribution in [3.8, 4) is 0 Å². The number of anilines is 2. The van der Waals surface area contributed by atoms with Crippen molar-refractivity contribution in [1.29, 1.82) is 0 Å². The molecule has 2 fully saturated rings. The van der Waals surface area contributed by atoms with Crippen molar-refractivity contribution in [3.05, 3.63) is 48.3 Å². The Kier molecular flexibility index (Phi) is 5.63. The van der Waals surface area contributed by atoms with Gasteiger partial charge >= 0.3 is 0 Å². The van der Waals surface area contributed by atoms with Gasteiger partial charge in [0.2, 0.25) is 11.9 Å². The lowest BCUT2D eigenvalue weighted by Crippen LogP contribution is -2.57. The van der Waals surface area contributed by atoms with Gasteiger partial charge in [-0.05, 0) is 39.8 Å². The molecule has 34 heavy (non-hydrogen) atoms. The van der Waals surface area contributed by atoms with E-state index in [1.54, 1.807) is 11.1 Å². The van der Waals surface area contributed by atoms with E-state index in [2.05, 4.69) is 44.3 Å². The second kappa shape index (κ2) is 8.50. The van der Waals surface area contributed by atoms with E-state index in [1.165, 1.54) is 6.20 Å². The summed E-state index contributed by atoms with van der Waals surface area (Å²) in [4.78, 5) is 30.1. The monoisotopic (exact) mass is 466 g/mol. The largest absolute Gasteiger partial charge is 0.352 e. The molecule has 3 aromatic heterocycles. The molecule has 2 aliphatic heterocycles. The van der Waals surface area contributed by atoms with Gasteiger partial charge in [0.05, 0.1) is 29.5 Å². The Morgan fingerprint density at radius 2 is 1.82 bits per heavy atom. The molecule has 10 heteroatoms.